The summed E-state index contributed by atoms with van der Waals surface area (Å²) in [6, 6.07) is 15.2. The molecular formula is C22H23BrClN3O2. The maximum absolute atomic E-state index is 13.0. The molecule has 2 fully saturated rings. The van der Waals surface area contributed by atoms with E-state index in [1.54, 1.807) is 23.1 Å². The molecule has 1 saturated carbocycles. The number of rotatable bonds is 3. The van der Waals surface area contributed by atoms with Crippen molar-refractivity contribution in [2.45, 2.75) is 18.8 Å². The lowest BCUT2D eigenvalue weighted by Crippen LogP contribution is -2.39. The lowest BCUT2D eigenvalue weighted by Gasteiger charge is -2.22. The van der Waals surface area contributed by atoms with Crippen molar-refractivity contribution >= 4 is 45.2 Å². The Morgan fingerprint density at radius 2 is 1.72 bits per heavy atom. The van der Waals surface area contributed by atoms with Gasteiger partial charge in [-0.3, -0.25) is 4.79 Å². The van der Waals surface area contributed by atoms with E-state index in [2.05, 4.69) is 33.4 Å². The highest BCUT2D eigenvalue weighted by atomic mass is 79.9. The Bertz CT molecular complexity index is 905. The lowest BCUT2D eigenvalue weighted by atomic mass is 10.1. The molecule has 2 atom stereocenters. The number of nitrogens with one attached hydrogen (secondary N) is 1. The van der Waals surface area contributed by atoms with E-state index >= 15 is 0 Å². The highest BCUT2D eigenvalue weighted by Gasteiger charge is 2.45. The molecular weight excluding hydrogens is 454 g/mol. The third-order valence-electron chi connectivity index (χ3n) is 5.58. The first-order valence-electron chi connectivity index (χ1n) is 9.87. The number of urea groups is 1. The molecule has 1 aliphatic carbocycles. The van der Waals surface area contributed by atoms with Gasteiger partial charge in [0.05, 0.1) is 0 Å². The Labute approximate surface area is 184 Å². The third-order valence-corrected chi connectivity index (χ3v) is 6.34. The van der Waals surface area contributed by atoms with E-state index in [1.807, 2.05) is 23.1 Å². The fourth-order valence-electron chi connectivity index (χ4n) is 3.89. The second-order valence-electron chi connectivity index (χ2n) is 7.61. The highest BCUT2D eigenvalue weighted by Crippen LogP contribution is 2.48. The van der Waals surface area contributed by atoms with Crippen molar-refractivity contribution in [2.75, 3.05) is 31.5 Å². The Hall–Kier alpha value is -2.05. The van der Waals surface area contributed by atoms with Crippen LogP contribution < -0.4 is 5.32 Å². The molecule has 152 valence electrons. The van der Waals surface area contributed by atoms with Crippen LogP contribution in [-0.2, 0) is 4.79 Å². The molecule has 1 aliphatic heterocycles. The fraction of sp³-hybridized carbons (Fsp3) is 0.364. The number of carbonyl (C=O) groups excluding carboxylic acids is 2. The van der Waals surface area contributed by atoms with E-state index in [9.17, 15) is 9.59 Å². The quantitative estimate of drug-likeness (QED) is 0.680. The molecule has 1 saturated heterocycles. The summed E-state index contributed by atoms with van der Waals surface area (Å²) in [7, 11) is 0. The van der Waals surface area contributed by atoms with Gasteiger partial charge in [0.15, 0.2) is 0 Å². The van der Waals surface area contributed by atoms with Crippen molar-refractivity contribution in [2.24, 2.45) is 5.92 Å². The predicted molar refractivity (Wildman–Crippen MR) is 118 cm³/mol. The molecule has 0 aromatic heterocycles. The molecule has 0 spiro atoms. The molecule has 0 bridgehead atoms. The van der Waals surface area contributed by atoms with Crippen LogP contribution in [0.25, 0.3) is 0 Å². The summed E-state index contributed by atoms with van der Waals surface area (Å²) >= 11 is 9.43. The molecule has 5 nitrogen and oxygen atoms in total. The molecule has 1 N–H and O–H groups in total. The topological polar surface area (TPSA) is 52.7 Å². The normalized spacial score (nSPS) is 21.4. The smallest absolute Gasteiger partial charge is 0.321 e. The van der Waals surface area contributed by atoms with Crippen molar-refractivity contribution in [1.82, 2.24) is 9.80 Å². The van der Waals surface area contributed by atoms with E-state index in [0.29, 0.717) is 42.8 Å². The molecule has 0 unspecified atom stereocenters. The fourth-order valence-corrected chi connectivity index (χ4v) is 4.35. The van der Waals surface area contributed by atoms with Gasteiger partial charge in [0.1, 0.15) is 0 Å². The molecule has 1 heterocycles. The summed E-state index contributed by atoms with van der Waals surface area (Å²) in [5, 5.41) is 3.47. The van der Waals surface area contributed by atoms with Gasteiger partial charge in [-0.15, -0.1) is 0 Å². The lowest BCUT2D eigenvalue weighted by molar-refractivity contribution is -0.132. The first-order chi connectivity index (χ1) is 14.0. The van der Waals surface area contributed by atoms with Gasteiger partial charge >= 0.3 is 6.03 Å². The van der Waals surface area contributed by atoms with Gasteiger partial charge in [-0.25, -0.2) is 4.79 Å². The van der Waals surface area contributed by atoms with Gasteiger partial charge in [0, 0.05) is 47.3 Å². The highest BCUT2D eigenvalue weighted by molar-refractivity contribution is 9.10. The number of anilines is 1. The van der Waals surface area contributed by atoms with Crippen LogP contribution in [0.3, 0.4) is 0 Å². The van der Waals surface area contributed by atoms with Gasteiger partial charge in [-0.05, 0) is 54.7 Å². The summed E-state index contributed by atoms with van der Waals surface area (Å²) in [4.78, 5) is 29.2. The minimum absolute atomic E-state index is 0.0722. The van der Waals surface area contributed by atoms with Gasteiger partial charge in [0.2, 0.25) is 5.91 Å². The second kappa shape index (κ2) is 8.76. The Morgan fingerprint density at radius 1 is 1.00 bits per heavy atom. The van der Waals surface area contributed by atoms with Crippen LogP contribution in [0.2, 0.25) is 5.02 Å². The zero-order valence-corrected chi connectivity index (χ0v) is 18.3. The van der Waals surface area contributed by atoms with Crippen LogP contribution in [0, 0.1) is 5.92 Å². The summed E-state index contributed by atoms with van der Waals surface area (Å²) in [5.74, 6) is 0.610. The average Bonchev–Trinajstić information content (AvgIpc) is 3.52. The van der Waals surface area contributed by atoms with E-state index < -0.39 is 0 Å². The minimum atomic E-state index is -0.152. The predicted octanol–water partition coefficient (Wildman–Crippen LogP) is 4.97. The molecule has 2 aromatic rings. The molecule has 29 heavy (non-hydrogen) atoms. The number of hydrogen-bond donors (Lipinski definition) is 1. The zero-order valence-electron chi connectivity index (χ0n) is 16.0. The summed E-state index contributed by atoms with van der Waals surface area (Å²) in [6.07, 6.45) is 1.69. The summed E-state index contributed by atoms with van der Waals surface area (Å²) < 4.78 is 1.05. The Balaban J connectivity index is 1.31. The number of hydrogen-bond acceptors (Lipinski definition) is 2. The first kappa shape index (κ1) is 20.2. The van der Waals surface area contributed by atoms with E-state index in [0.717, 1.165) is 17.3 Å². The number of nitrogens with zero attached hydrogens (tertiary/aromatic N) is 2. The number of carbonyl (C=O) groups is 2. The standard InChI is InChI=1S/C22H23BrClN3O2/c23-16-7-5-15(6-8-16)19-14-20(19)21(28)26-9-2-10-27(12-11-26)22(29)25-18-4-1-3-17(24)13-18/h1,3-8,13,19-20H,2,9-12,14H2,(H,25,29)/t19-,20+/m1/s1. The molecule has 2 aromatic carbocycles. The van der Waals surface area contributed by atoms with E-state index in [-0.39, 0.29) is 17.9 Å². The van der Waals surface area contributed by atoms with Crippen molar-refractivity contribution < 1.29 is 9.59 Å². The van der Waals surface area contributed by atoms with Crippen molar-refractivity contribution in [1.29, 1.82) is 0 Å². The SMILES string of the molecule is O=C(Nc1cccc(Cl)c1)N1CCCN(C(=O)[C@H]2C[C@@H]2c2ccc(Br)cc2)CC1. The summed E-state index contributed by atoms with van der Waals surface area (Å²) in [6.45, 7) is 2.44. The van der Waals surface area contributed by atoms with E-state index in [1.165, 1.54) is 5.56 Å². The molecule has 7 heteroatoms. The van der Waals surface area contributed by atoms with Gasteiger partial charge in [-0.2, -0.15) is 0 Å². The van der Waals surface area contributed by atoms with Gasteiger partial charge in [-0.1, -0.05) is 45.7 Å². The zero-order chi connectivity index (χ0) is 20.4. The van der Waals surface area contributed by atoms with Crippen LogP contribution in [0.1, 0.15) is 24.3 Å². The monoisotopic (exact) mass is 475 g/mol. The average molecular weight is 477 g/mol. The maximum Gasteiger partial charge on any atom is 0.321 e. The van der Waals surface area contributed by atoms with Crippen LogP contribution in [0.5, 0.6) is 0 Å². The van der Waals surface area contributed by atoms with Crippen LogP contribution in [0.4, 0.5) is 10.5 Å². The van der Waals surface area contributed by atoms with Crippen molar-refractivity contribution in [3.8, 4) is 0 Å². The Kier molecular flexibility index (Phi) is 6.11. The minimum Gasteiger partial charge on any atom is -0.341 e. The van der Waals surface area contributed by atoms with Gasteiger partial charge < -0.3 is 15.1 Å². The molecule has 4 rings (SSSR count). The van der Waals surface area contributed by atoms with Crippen LogP contribution >= 0.6 is 27.5 Å². The first-order valence-corrected chi connectivity index (χ1v) is 11.0. The molecule has 3 amide bonds. The number of amides is 3. The van der Waals surface area contributed by atoms with Crippen LogP contribution in [-0.4, -0.2) is 47.9 Å². The van der Waals surface area contributed by atoms with Crippen molar-refractivity contribution in [3.63, 3.8) is 0 Å². The maximum atomic E-state index is 13.0. The second-order valence-corrected chi connectivity index (χ2v) is 8.96. The Morgan fingerprint density at radius 3 is 2.48 bits per heavy atom. The largest absolute Gasteiger partial charge is 0.341 e. The number of benzene rings is 2. The number of halogens is 2. The van der Waals surface area contributed by atoms with Crippen LogP contribution in [0.15, 0.2) is 53.0 Å². The molecule has 2 aliphatic rings. The van der Waals surface area contributed by atoms with E-state index in [4.69, 9.17) is 11.6 Å². The van der Waals surface area contributed by atoms with Crippen molar-refractivity contribution in [3.05, 3.63) is 63.6 Å². The third kappa shape index (κ3) is 4.93. The summed E-state index contributed by atoms with van der Waals surface area (Å²) in [5.41, 5.74) is 1.90. The molecule has 0 radical (unpaired) electrons. The van der Waals surface area contributed by atoms with Gasteiger partial charge in [0.25, 0.3) is 0 Å².